The van der Waals surface area contributed by atoms with Gasteiger partial charge in [-0.1, -0.05) is 19.8 Å². The zero-order valence-electron chi connectivity index (χ0n) is 11.6. The van der Waals surface area contributed by atoms with Gasteiger partial charge in [-0.05, 0) is 25.7 Å². The fourth-order valence-electron chi connectivity index (χ4n) is 2.61. The van der Waals surface area contributed by atoms with Crippen molar-refractivity contribution in [3.8, 4) is 5.75 Å². The number of rotatable bonds is 3. The summed E-state index contributed by atoms with van der Waals surface area (Å²) < 4.78 is 0. The van der Waals surface area contributed by atoms with Crippen LogP contribution in [0.4, 0.5) is 0 Å². The Morgan fingerprint density at radius 2 is 2.16 bits per heavy atom. The molecule has 1 aromatic rings. The minimum absolute atomic E-state index is 0.124. The van der Waals surface area contributed by atoms with E-state index in [1.165, 1.54) is 19.3 Å². The summed E-state index contributed by atoms with van der Waals surface area (Å²) in [6.45, 7) is 3.84. The van der Waals surface area contributed by atoms with Crippen LogP contribution in [0.2, 0.25) is 0 Å². The van der Waals surface area contributed by atoms with E-state index in [1.807, 2.05) is 0 Å². The van der Waals surface area contributed by atoms with Gasteiger partial charge in [-0.15, -0.1) is 0 Å². The summed E-state index contributed by atoms with van der Waals surface area (Å²) in [6.07, 6.45) is 8.14. The number of hydrogen-bond acceptors (Lipinski definition) is 4. The molecule has 0 bridgehead atoms. The van der Waals surface area contributed by atoms with Crippen LogP contribution in [-0.2, 0) is 6.61 Å². The average Bonchev–Trinajstić information content (AvgIpc) is 2.42. The number of aromatic hydroxyl groups is 1. The van der Waals surface area contributed by atoms with Crippen molar-refractivity contribution in [1.82, 2.24) is 4.98 Å². The van der Waals surface area contributed by atoms with Crippen molar-refractivity contribution in [2.45, 2.75) is 52.2 Å². The topological polar surface area (TPSA) is 65.7 Å². The predicted octanol–water partition coefficient (Wildman–Crippen LogP) is 2.59. The predicted molar refractivity (Wildman–Crippen MR) is 75.6 cm³/mol. The van der Waals surface area contributed by atoms with E-state index in [-0.39, 0.29) is 12.4 Å². The smallest absolute Gasteiger partial charge is 0.145 e. The maximum absolute atomic E-state index is 10.0. The number of hydrogen-bond donors (Lipinski definition) is 2. The Bertz CT molecular complexity index is 471. The first-order chi connectivity index (χ1) is 9.13. The molecule has 0 aromatic carbocycles. The van der Waals surface area contributed by atoms with Crippen LogP contribution < -0.4 is 0 Å². The SMILES string of the molecule is Cc1ncc(CO)c(C=N[C@H]2CCCC[C@H]2C)c1O. The summed E-state index contributed by atoms with van der Waals surface area (Å²) in [5, 5.41) is 19.3. The molecule has 2 atom stereocenters. The Kier molecular flexibility index (Phi) is 4.53. The highest BCUT2D eigenvalue weighted by atomic mass is 16.3. The molecule has 0 aliphatic heterocycles. The van der Waals surface area contributed by atoms with Gasteiger partial charge in [0, 0.05) is 23.5 Å². The molecule has 19 heavy (non-hydrogen) atoms. The zero-order chi connectivity index (χ0) is 13.8. The minimum atomic E-state index is -0.136. The molecule has 104 valence electrons. The van der Waals surface area contributed by atoms with Crippen molar-refractivity contribution in [1.29, 1.82) is 0 Å². The van der Waals surface area contributed by atoms with Crippen molar-refractivity contribution >= 4 is 6.21 Å². The first kappa shape index (κ1) is 14.0. The molecule has 0 spiro atoms. The Hall–Kier alpha value is -1.42. The van der Waals surface area contributed by atoms with Gasteiger partial charge in [0.05, 0.1) is 18.3 Å². The van der Waals surface area contributed by atoms with Crippen LogP contribution in [0.1, 0.15) is 49.4 Å². The van der Waals surface area contributed by atoms with Crippen molar-refractivity contribution in [2.24, 2.45) is 10.9 Å². The second-order valence-electron chi connectivity index (χ2n) is 5.40. The summed E-state index contributed by atoms with van der Waals surface area (Å²) in [6, 6.07) is 0.327. The van der Waals surface area contributed by atoms with Gasteiger partial charge >= 0.3 is 0 Å². The van der Waals surface area contributed by atoms with Crippen molar-refractivity contribution in [3.05, 3.63) is 23.0 Å². The van der Waals surface area contributed by atoms with Gasteiger partial charge in [-0.3, -0.25) is 9.98 Å². The lowest BCUT2D eigenvalue weighted by atomic mass is 9.86. The van der Waals surface area contributed by atoms with E-state index in [1.54, 1.807) is 19.3 Å². The normalized spacial score (nSPS) is 23.9. The molecule has 1 saturated carbocycles. The highest BCUT2D eigenvalue weighted by molar-refractivity contribution is 5.85. The van der Waals surface area contributed by atoms with Crippen molar-refractivity contribution in [3.63, 3.8) is 0 Å². The van der Waals surface area contributed by atoms with Crippen molar-refractivity contribution in [2.75, 3.05) is 0 Å². The molecular formula is C15H22N2O2. The molecule has 0 saturated heterocycles. The zero-order valence-corrected chi connectivity index (χ0v) is 11.6. The summed E-state index contributed by atoms with van der Waals surface area (Å²) in [5.41, 5.74) is 1.79. The quantitative estimate of drug-likeness (QED) is 0.823. The minimum Gasteiger partial charge on any atom is -0.505 e. The maximum atomic E-state index is 10.0. The highest BCUT2D eigenvalue weighted by Crippen LogP contribution is 2.27. The number of aromatic nitrogens is 1. The molecule has 1 aromatic heterocycles. The second-order valence-corrected chi connectivity index (χ2v) is 5.40. The lowest BCUT2D eigenvalue weighted by molar-refractivity contribution is 0.280. The van der Waals surface area contributed by atoms with E-state index in [2.05, 4.69) is 16.9 Å². The lowest BCUT2D eigenvalue weighted by Crippen LogP contribution is -2.20. The van der Waals surface area contributed by atoms with Gasteiger partial charge in [0.15, 0.2) is 0 Å². The Balaban J connectivity index is 2.24. The summed E-state index contributed by atoms with van der Waals surface area (Å²) in [7, 11) is 0. The van der Waals surface area contributed by atoms with Gasteiger partial charge in [0.25, 0.3) is 0 Å². The standard InChI is InChI=1S/C15H22N2O2/c1-10-5-3-4-6-14(10)17-8-13-12(9-18)7-16-11(2)15(13)19/h7-8,10,14,18-19H,3-6,9H2,1-2H3/t10-,14+/m1/s1. The monoisotopic (exact) mass is 262 g/mol. The number of aliphatic hydroxyl groups excluding tert-OH is 1. The average molecular weight is 262 g/mol. The number of aliphatic hydroxyl groups is 1. The van der Waals surface area contributed by atoms with Crippen LogP contribution in [0.3, 0.4) is 0 Å². The Labute approximate surface area is 114 Å². The molecule has 0 radical (unpaired) electrons. The first-order valence-corrected chi connectivity index (χ1v) is 6.95. The molecule has 2 rings (SSSR count). The molecule has 2 N–H and O–H groups in total. The Morgan fingerprint density at radius 1 is 1.42 bits per heavy atom. The van der Waals surface area contributed by atoms with Gasteiger partial charge in [-0.25, -0.2) is 0 Å². The Morgan fingerprint density at radius 3 is 2.84 bits per heavy atom. The third-order valence-corrected chi connectivity index (χ3v) is 3.99. The number of nitrogens with zero attached hydrogens (tertiary/aromatic N) is 2. The molecule has 0 unspecified atom stereocenters. The molecule has 4 heteroatoms. The largest absolute Gasteiger partial charge is 0.505 e. The van der Waals surface area contributed by atoms with Crippen LogP contribution in [0.25, 0.3) is 0 Å². The van der Waals surface area contributed by atoms with Crippen LogP contribution in [0.15, 0.2) is 11.2 Å². The second kappa shape index (κ2) is 6.15. The molecule has 1 aliphatic rings. The van der Waals surface area contributed by atoms with Gasteiger partial charge in [0.2, 0.25) is 0 Å². The van der Waals surface area contributed by atoms with Crippen LogP contribution in [0.5, 0.6) is 5.75 Å². The molecular weight excluding hydrogens is 240 g/mol. The summed E-state index contributed by atoms with van der Waals surface area (Å²) >= 11 is 0. The fraction of sp³-hybridized carbons (Fsp3) is 0.600. The van der Waals surface area contributed by atoms with Gasteiger partial charge in [0.1, 0.15) is 5.75 Å². The highest BCUT2D eigenvalue weighted by Gasteiger charge is 2.20. The number of pyridine rings is 1. The summed E-state index contributed by atoms with van der Waals surface area (Å²) in [5.74, 6) is 0.714. The summed E-state index contributed by atoms with van der Waals surface area (Å²) in [4.78, 5) is 8.67. The molecule has 1 fully saturated rings. The van der Waals surface area contributed by atoms with E-state index >= 15 is 0 Å². The molecule has 0 amide bonds. The van der Waals surface area contributed by atoms with E-state index in [4.69, 9.17) is 0 Å². The van der Waals surface area contributed by atoms with E-state index in [0.717, 1.165) is 6.42 Å². The molecule has 1 aliphatic carbocycles. The van der Waals surface area contributed by atoms with Gasteiger partial charge < -0.3 is 10.2 Å². The third-order valence-electron chi connectivity index (χ3n) is 3.99. The van der Waals surface area contributed by atoms with Crippen LogP contribution in [-0.4, -0.2) is 27.5 Å². The van der Waals surface area contributed by atoms with Crippen molar-refractivity contribution < 1.29 is 10.2 Å². The molecule has 4 nitrogen and oxygen atoms in total. The lowest BCUT2D eigenvalue weighted by Gasteiger charge is -2.25. The van der Waals surface area contributed by atoms with Crippen LogP contribution >= 0.6 is 0 Å². The van der Waals surface area contributed by atoms with Crippen LogP contribution in [0, 0.1) is 12.8 Å². The molecule has 1 heterocycles. The van der Waals surface area contributed by atoms with E-state index in [0.29, 0.717) is 28.8 Å². The number of aryl methyl sites for hydroxylation is 1. The first-order valence-electron chi connectivity index (χ1n) is 6.95. The van der Waals surface area contributed by atoms with E-state index < -0.39 is 0 Å². The third kappa shape index (κ3) is 3.13. The van der Waals surface area contributed by atoms with Gasteiger partial charge in [-0.2, -0.15) is 0 Å². The number of aliphatic imine (C=N–C) groups is 1. The van der Waals surface area contributed by atoms with E-state index in [9.17, 15) is 10.2 Å². The maximum Gasteiger partial charge on any atom is 0.145 e. The fourth-order valence-corrected chi connectivity index (χ4v) is 2.61.